The Morgan fingerprint density at radius 2 is 1.89 bits per heavy atom. The number of amides is 1. The molecule has 0 radical (unpaired) electrons. The van der Waals surface area contributed by atoms with Crippen molar-refractivity contribution in [1.82, 2.24) is 10.3 Å². The molecule has 2 heterocycles. The maximum Gasteiger partial charge on any atom is 0.253 e. The zero-order valence-electron chi connectivity index (χ0n) is 11.9. The van der Waals surface area contributed by atoms with Crippen molar-refractivity contribution in [2.45, 2.75) is 45.6 Å². The van der Waals surface area contributed by atoms with Crippen molar-refractivity contribution in [1.29, 1.82) is 0 Å². The molecule has 104 valence electrons. The zero-order chi connectivity index (χ0) is 13.7. The minimum absolute atomic E-state index is 0.0424. The summed E-state index contributed by atoms with van der Waals surface area (Å²) in [5.74, 6) is -0.0424. The van der Waals surface area contributed by atoms with Crippen LogP contribution in [0.3, 0.4) is 0 Å². The van der Waals surface area contributed by atoms with Crippen LogP contribution in [0.15, 0.2) is 18.5 Å². The molecule has 1 aromatic rings. The smallest absolute Gasteiger partial charge is 0.253 e. The minimum Gasteiger partial charge on any atom is -0.370 e. The van der Waals surface area contributed by atoms with Crippen molar-refractivity contribution in [2.24, 2.45) is 0 Å². The third-order valence-corrected chi connectivity index (χ3v) is 3.38. The lowest BCUT2D eigenvalue weighted by molar-refractivity contribution is 0.0943. The van der Waals surface area contributed by atoms with Crippen LogP contribution in [0.4, 0.5) is 5.69 Å². The van der Waals surface area contributed by atoms with E-state index in [1.54, 1.807) is 6.20 Å². The predicted molar refractivity (Wildman–Crippen MR) is 77.5 cm³/mol. The summed E-state index contributed by atoms with van der Waals surface area (Å²) in [6, 6.07) is 2.10. The molecule has 0 bridgehead atoms. The number of nitrogens with zero attached hydrogens (tertiary/aromatic N) is 2. The summed E-state index contributed by atoms with van der Waals surface area (Å²) in [4.78, 5) is 18.5. The number of hydrogen-bond acceptors (Lipinski definition) is 3. The molecular weight excluding hydrogens is 238 g/mol. The van der Waals surface area contributed by atoms with Gasteiger partial charge < -0.3 is 10.2 Å². The molecule has 0 aliphatic carbocycles. The maximum absolute atomic E-state index is 12.0. The zero-order valence-corrected chi connectivity index (χ0v) is 11.9. The van der Waals surface area contributed by atoms with Crippen molar-refractivity contribution < 1.29 is 4.79 Å². The van der Waals surface area contributed by atoms with Crippen molar-refractivity contribution in [3.05, 3.63) is 24.0 Å². The van der Waals surface area contributed by atoms with E-state index in [1.165, 1.54) is 25.7 Å². The number of aromatic nitrogens is 1. The normalized spacial score (nSPS) is 16.3. The van der Waals surface area contributed by atoms with E-state index in [0.29, 0.717) is 5.56 Å². The van der Waals surface area contributed by atoms with Crippen molar-refractivity contribution in [2.75, 3.05) is 18.0 Å². The average molecular weight is 261 g/mol. The van der Waals surface area contributed by atoms with Gasteiger partial charge in [-0.05, 0) is 32.8 Å². The van der Waals surface area contributed by atoms with Gasteiger partial charge in [0.1, 0.15) is 0 Å². The van der Waals surface area contributed by atoms with Gasteiger partial charge in [0.15, 0.2) is 0 Å². The molecule has 4 nitrogen and oxygen atoms in total. The molecule has 0 saturated carbocycles. The molecule has 2 rings (SSSR count). The Morgan fingerprint density at radius 1 is 1.21 bits per heavy atom. The highest BCUT2D eigenvalue weighted by atomic mass is 16.1. The van der Waals surface area contributed by atoms with E-state index in [-0.39, 0.29) is 11.9 Å². The van der Waals surface area contributed by atoms with Crippen LogP contribution < -0.4 is 10.2 Å². The highest BCUT2D eigenvalue weighted by molar-refractivity contribution is 5.94. The molecule has 1 N–H and O–H groups in total. The Bertz CT molecular complexity index is 423. The van der Waals surface area contributed by atoms with Gasteiger partial charge in [0.25, 0.3) is 5.91 Å². The molecule has 1 aromatic heterocycles. The van der Waals surface area contributed by atoms with Gasteiger partial charge >= 0.3 is 0 Å². The molecule has 0 aromatic carbocycles. The van der Waals surface area contributed by atoms with E-state index in [1.807, 2.05) is 26.1 Å². The minimum atomic E-state index is -0.0424. The second kappa shape index (κ2) is 6.55. The topological polar surface area (TPSA) is 45.2 Å². The number of carbonyl (C=O) groups is 1. The van der Waals surface area contributed by atoms with Gasteiger partial charge in [-0.3, -0.25) is 9.78 Å². The second-order valence-electron chi connectivity index (χ2n) is 5.46. The molecule has 0 unspecified atom stereocenters. The number of hydrogen-bond donors (Lipinski definition) is 1. The van der Waals surface area contributed by atoms with Crippen LogP contribution in [-0.2, 0) is 0 Å². The first kappa shape index (κ1) is 13.8. The molecule has 4 heteroatoms. The summed E-state index contributed by atoms with van der Waals surface area (Å²) >= 11 is 0. The number of pyridine rings is 1. The lowest BCUT2D eigenvalue weighted by Crippen LogP contribution is -2.30. The summed E-state index contributed by atoms with van der Waals surface area (Å²) in [5.41, 5.74) is 1.72. The Hall–Kier alpha value is -1.58. The summed E-state index contributed by atoms with van der Waals surface area (Å²) in [6.45, 7) is 6.06. The van der Waals surface area contributed by atoms with Gasteiger partial charge in [-0.25, -0.2) is 0 Å². The molecule has 1 fully saturated rings. The first-order valence-electron chi connectivity index (χ1n) is 7.17. The fraction of sp³-hybridized carbons (Fsp3) is 0.600. The van der Waals surface area contributed by atoms with E-state index in [0.717, 1.165) is 18.8 Å². The Morgan fingerprint density at radius 3 is 2.53 bits per heavy atom. The Balaban J connectivity index is 2.11. The number of carbonyl (C=O) groups excluding carboxylic acids is 1. The van der Waals surface area contributed by atoms with Gasteiger partial charge in [0, 0.05) is 25.3 Å². The van der Waals surface area contributed by atoms with Gasteiger partial charge in [0.2, 0.25) is 0 Å². The number of nitrogens with one attached hydrogen (secondary N) is 1. The van der Waals surface area contributed by atoms with E-state index >= 15 is 0 Å². The molecule has 19 heavy (non-hydrogen) atoms. The molecule has 0 spiro atoms. The first-order valence-corrected chi connectivity index (χ1v) is 7.17. The van der Waals surface area contributed by atoms with E-state index in [2.05, 4.69) is 15.2 Å². The fourth-order valence-electron chi connectivity index (χ4n) is 2.40. The van der Waals surface area contributed by atoms with Crippen molar-refractivity contribution in [3.63, 3.8) is 0 Å². The molecule has 0 atom stereocenters. The van der Waals surface area contributed by atoms with Gasteiger partial charge in [-0.1, -0.05) is 12.8 Å². The average Bonchev–Trinajstić information content (AvgIpc) is 2.67. The summed E-state index contributed by atoms with van der Waals surface area (Å²) < 4.78 is 0. The molecule has 1 amide bonds. The second-order valence-corrected chi connectivity index (χ2v) is 5.46. The lowest BCUT2D eigenvalue weighted by Gasteiger charge is -2.22. The van der Waals surface area contributed by atoms with Crippen LogP contribution in [0.25, 0.3) is 0 Å². The highest BCUT2D eigenvalue weighted by Crippen LogP contribution is 2.19. The van der Waals surface area contributed by atoms with Crippen LogP contribution in [-0.4, -0.2) is 30.0 Å². The third kappa shape index (κ3) is 3.94. The van der Waals surface area contributed by atoms with Crippen LogP contribution in [0.5, 0.6) is 0 Å². The molecule has 1 aliphatic heterocycles. The number of anilines is 1. The van der Waals surface area contributed by atoms with Crippen LogP contribution in [0.1, 0.15) is 49.9 Å². The molecule has 1 saturated heterocycles. The van der Waals surface area contributed by atoms with E-state index in [4.69, 9.17) is 0 Å². The Labute approximate surface area is 115 Å². The first-order chi connectivity index (χ1) is 9.16. The van der Waals surface area contributed by atoms with E-state index < -0.39 is 0 Å². The summed E-state index contributed by atoms with van der Waals surface area (Å²) in [6.07, 6.45) is 8.55. The summed E-state index contributed by atoms with van der Waals surface area (Å²) in [5, 5.41) is 2.90. The van der Waals surface area contributed by atoms with Crippen molar-refractivity contribution >= 4 is 11.6 Å². The lowest BCUT2D eigenvalue weighted by atomic mass is 10.2. The number of rotatable bonds is 3. The quantitative estimate of drug-likeness (QED) is 0.909. The van der Waals surface area contributed by atoms with Crippen LogP contribution >= 0.6 is 0 Å². The SMILES string of the molecule is CC(C)NC(=O)c1cncc(N2CCCCCC2)c1. The maximum atomic E-state index is 12.0. The largest absolute Gasteiger partial charge is 0.370 e. The molecule has 1 aliphatic rings. The highest BCUT2D eigenvalue weighted by Gasteiger charge is 2.13. The van der Waals surface area contributed by atoms with Gasteiger partial charge in [-0.15, -0.1) is 0 Å². The van der Waals surface area contributed by atoms with E-state index in [9.17, 15) is 4.79 Å². The summed E-state index contributed by atoms with van der Waals surface area (Å²) in [7, 11) is 0. The monoisotopic (exact) mass is 261 g/mol. The standard InChI is InChI=1S/C15H23N3O/c1-12(2)17-15(19)13-9-14(11-16-10-13)18-7-5-3-4-6-8-18/h9-12H,3-8H2,1-2H3,(H,17,19). The third-order valence-electron chi connectivity index (χ3n) is 3.38. The fourth-order valence-corrected chi connectivity index (χ4v) is 2.40. The van der Waals surface area contributed by atoms with Gasteiger partial charge in [-0.2, -0.15) is 0 Å². The predicted octanol–water partition coefficient (Wildman–Crippen LogP) is 2.60. The van der Waals surface area contributed by atoms with Crippen LogP contribution in [0.2, 0.25) is 0 Å². The van der Waals surface area contributed by atoms with Crippen LogP contribution in [0, 0.1) is 0 Å². The molecular formula is C15H23N3O. The van der Waals surface area contributed by atoms with Gasteiger partial charge in [0.05, 0.1) is 17.4 Å². The van der Waals surface area contributed by atoms with Crippen molar-refractivity contribution in [3.8, 4) is 0 Å². The Kier molecular flexibility index (Phi) is 4.77.